The maximum atomic E-state index is 9.43. The van der Waals surface area contributed by atoms with Crippen molar-refractivity contribution in [3.05, 3.63) is 12.7 Å². The molecule has 1 N–H and O–H groups in total. The van der Waals surface area contributed by atoms with Crippen LogP contribution in [0, 0.1) is 46.3 Å². The van der Waals surface area contributed by atoms with Crippen LogP contribution in [-0.2, 0) is 4.74 Å². The van der Waals surface area contributed by atoms with Crippen LogP contribution in [0.2, 0.25) is 0 Å². The molecule has 0 spiro atoms. The molecule has 164 valence electrons. The Kier molecular flexibility index (Phi) is 5.89. The molecule has 0 saturated heterocycles. The molecule has 8 aliphatic rings. The van der Waals surface area contributed by atoms with Crippen molar-refractivity contribution in [2.75, 3.05) is 19.8 Å². The summed E-state index contributed by atoms with van der Waals surface area (Å²) in [4.78, 5) is 0. The monoisotopic (exact) mass is 400 g/mol. The summed E-state index contributed by atoms with van der Waals surface area (Å²) in [5, 5.41) is 9.43. The Labute approximate surface area is 178 Å². The quantitative estimate of drug-likeness (QED) is 0.397. The van der Waals surface area contributed by atoms with Crippen LogP contribution < -0.4 is 0 Å². The highest BCUT2D eigenvalue weighted by Crippen LogP contribution is 2.60. The number of hydrogen-bond acceptors (Lipinski definition) is 2. The molecule has 0 atom stereocenters. The minimum Gasteiger partial charge on any atom is -0.396 e. The molecule has 2 heteroatoms. The fraction of sp³-hybridized carbons (Fsp3) is 0.926. The fourth-order valence-electron chi connectivity index (χ4n) is 9.57. The topological polar surface area (TPSA) is 29.5 Å². The highest BCUT2D eigenvalue weighted by Gasteiger charge is 2.51. The van der Waals surface area contributed by atoms with Crippen molar-refractivity contribution >= 4 is 0 Å². The van der Waals surface area contributed by atoms with E-state index in [2.05, 4.69) is 6.58 Å². The van der Waals surface area contributed by atoms with Gasteiger partial charge in [0.25, 0.3) is 0 Å². The summed E-state index contributed by atoms with van der Waals surface area (Å²) < 4.78 is 5.97. The minimum atomic E-state index is 0.398. The van der Waals surface area contributed by atoms with Crippen LogP contribution in [0.15, 0.2) is 12.7 Å². The van der Waals surface area contributed by atoms with Crippen LogP contribution in [0.25, 0.3) is 0 Å². The maximum Gasteiger partial charge on any atom is 0.0522 e. The molecule has 8 fully saturated rings. The smallest absolute Gasteiger partial charge is 0.0522 e. The molecule has 2 nitrogen and oxygen atoms in total. The van der Waals surface area contributed by atoms with E-state index in [0.29, 0.717) is 17.4 Å². The van der Waals surface area contributed by atoms with E-state index < -0.39 is 0 Å². The first-order valence-corrected chi connectivity index (χ1v) is 12.9. The van der Waals surface area contributed by atoms with Gasteiger partial charge in [-0.1, -0.05) is 6.08 Å². The van der Waals surface area contributed by atoms with Gasteiger partial charge in [-0.2, -0.15) is 0 Å². The van der Waals surface area contributed by atoms with E-state index in [1.165, 1.54) is 77.0 Å². The lowest BCUT2D eigenvalue weighted by molar-refractivity contribution is -0.0964. The van der Waals surface area contributed by atoms with Gasteiger partial charge < -0.3 is 9.84 Å². The van der Waals surface area contributed by atoms with Crippen molar-refractivity contribution in [1.29, 1.82) is 0 Å². The Balaban J connectivity index is 0.000000132. The van der Waals surface area contributed by atoms with Crippen LogP contribution in [0.5, 0.6) is 0 Å². The SMILES string of the molecule is C=CCCCOCC12CC3CC(CC(C3)C1)C2.OCC12CC3CC(CC(C3)C1)C2. The maximum absolute atomic E-state index is 9.43. The highest BCUT2D eigenvalue weighted by atomic mass is 16.5. The molecule has 8 aliphatic carbocycles. The Hall–Kier alpha value is -0.340. The summed E-state index contributed by atoms with van der Waals surface area (Å²) in [6.45, 7) is 6.21. The molecule has 0 radical (unpaired) electrons. The second-order valence-electron chi connectivity index (χ2n) is 12.5. The summed E-state index contributed by atoms with van der Waals surface area (Å²) >= 11 is 0. The summed E-state index contributed by atoms with van der Waals surface area (Å²) in [7, 11) is 0. The minimum absolute atomic E-state index is 0.398. The van der Waals surface area contributed by atoms with Crippen LogP contribution in [0.3, 0.4) is 0 Å². The number of unbranched alkanes of at least 4 members (excludes halogenated alkanes) is 1. The average molecular weight is 401 g/mol. The first kappa shape index (κ1) is 20.6. The van der Waals surface area contributed by atoms with Gasteiger partial charge in [0, 0.05) is 13.2 Å². The Morgan fingerprint density at radius 3 is 1.52 bits per heavy atom. The number of ether oxygens (including phenoxy) is 1. The van der Waals surface area contributed by atoms with Crippen molar-refractivity contribution in [3.8, 4) is 0 Å². The number of aliphatic hydroxyl groups excluding tert-OH is 1. The van der Waals surface area contributed by atoms with Gasteiger partial charge in [-0.3, -0.25) is 0 Å². The predicted molar refractivity (Wildman–Crippen MR) is 119 cm³/mol. The predicted octanol–water partition coefficient (Wildman–Crippen LogP) is 6.38. The molecule has 0 unspecified atom stereocenters. The summed E-state index contributed by atoms with van der Waals surface area (Å²) in [5.74, 6) is 6.13. The van der Waals surface area contributed by atoms with E-state index in [9.17, 15) is 5.11 Å². The largest absolute Gasteiger partial charge is 0.396 e. The molecule has 0 aliphatic heterocycles. The Morgan fingerprint density at radius 1 is 0.724 bits per heavy atom. The van der Waals surface area contributed by atoms with Crippen LogP contribution in [-0.4, -0.2) is 24.9 Å². The highest BCUT2D eigenvalue weighted by molar-refractivity contribution is 5.02. The van der Waals surface area contributed by atoms with Gasteiger partial charge in [-0.05, 0) is 136 Å². The molecule has 8 bridgehead atoms. The van der Waals surface area contributed by atoms with E-state index in [1.54, 1.807) is 0 Å². The lowest BCUT2D eigenvalue weighted by Gasteiger charge is -2.56. The molecule has 0 heterocycles. The number of hydrogen-bond donors (Lipinski definition) is 1. The van der Waals surface area contributed by atoms with Gasteiger partial charge in [-0.15, -0.1) is 6.58 Å². The molecule has 8 rings (SSSR count). The number of rotatable bonds is 7. The molecule has 0 aromatic heterocycles. The zero-order valence-electron chi connectivity index (χ0n) is 18.6. The molecule has 0 aromatic carbocycles. The van der Waals surface area contributed by atoms with E-state index in [4.69, 9.17) is 4.74 Å². The number of aliphatic hydroxyl groups is 1. The normalized spacial score (nSPS) is 48.4. The van der Waals surface area contributed by atoms with Gasteiger partial charge in [-0.25, -0.2) is 0 Å². The van der Waals surface area contributed by atoms with Crippen molar-refractivity contribution in [1.82, 2.24) is 0 Å². The Morgan fingerprint density at radius 2 is 1.14 bits per heavy atom. The molecular formula is C27H44O2. The molecular weight excluding hydrogens is 356 g/mol. The second kappa shape index (κ2) is 8.30. The first-order valence-electron chi connectivity index (χ1n) is 12.9. The zero-order valence-corrected chi connectivity index (χ0v) is 18.6. The number of allylic oxidation sites excluding steroid dienone is 1. The lowest BCUT2D eigenvalue weighted by Crippen LogP contribution is -2.48. The third-order valence-electron chi connectivity index (χ3n) is 9.77. The standard InChI is InChI=1S/C16H26O.C11H18O/c1-2-3-4-5-17-12-16-9-13-6-14(10-16)8-15(7-13)11-16;12-7-11-4-8-1-9(5-11)3-10(2-8)6-11/h2,13-15H,1,3-12H2;8-10,12H,1-7H2. The van der Waals surface area contributed by atoms with Crippen molar-refractivity contribution in [2.45, 2.75) is 89.9 Å². The zero-order chi connectivity index (χ0) is 19.9. The lowest BCUT2D eigenvalue weighted by atomic mass is 9.50. The van der Waals surface area contributed by atoms with E-state index in [0.717, 1.165) is 61.6 Å². The van der Waals surface area contributed by atoms with E-state index >= 15 is 0 Å². The third-order valence-corrected chi connectivity index (χ3v) is 9.77. The van der Waals surface area contributed by atoms with Crippen LogP contribution >= 0.6 is 0 Å². The fourth-order valence-corrected chi connectivity index (χ4v) is 9.57. The molecule has 0 aromatic rings. The van der Waals surface area contributed by atoms with Gasteiger partial charge in [0.15, 0.2) is 0 Å². The van der Waals surface area contributed by atoms with Gasteiger partial charge in [0.05, 0.1) is 6.61 Å². The Bertz CT molecular complexity index is 509. The molecule has 0 amide bonds. The molecule has 8 saturated carbocycles. The van der Waals surface area contributed by atoms with Crippen molar-refractivity contribution in [3.63, 3.8) is 0 Å². The summed E-state index contributed by atoms with van der Waals surface area (Å²) in [6, 6.07) is 0. The van der Waals surface area contributed by atoms with Gasteiger partial charge in [0.2, 0.25) is 0 Å². The second-order valence-corrected chi connectivity index (χ2v) is 12.5. The summed E-state index contributed by atoms with van der Waals surface area (Å²) in [6.07, 6.45) is 21.8. The molecule has 29 heavy (non-hydrogen) atoms. The van der Waals surface area contributed by atoms with E-state index in [1.807, 2.05) is 6.08 Å². The summed E-state index contributed by atoms with van der Waals surface area (Å²) in [5.41, 5.74) is 0.998. The van der Waals surface area contributed by atoms with Gasteiger partial charge >= 0.3 is 0 Å². The van der Waals surface area contributed by atoms with Gasteiger partial charge in [0.1, 0.15) is 0 Å². The average Bonchev–Trinajstić information content (AvgIpc) is 2.66. The van der Waals surface area contributed by atoms with Crippen molar-refractivity contribution < 1.29 is 9.84 Å². The van der Waals surface area contributed by atoms with Crippen molar-refractivity contribution in [2.24, 2.45) is 46.3 Å². The van der Waals surface area contributed by atoms with Crippen LogP contribution in [0.4, 0.5) is 0 Å². The third kappa shape index (κ3) is 4.36. The first-order chi connectivity index (χ1) is 14.1. The van der Waals surface area contributed by atoms with Crippen LogP contribution in [0.1, 0.15) is 89.9 Å². The van der Waals surface area contributed by atoms with E-state index in [-0.39, 0.29) is 0 Å².